The van der Waals surface area contributed by atoms with Gasteiger partial charge >= 0.3 is 5.97 Å². The summed E-state index contributed by atoms with van der Waals surface area (Å²) in [6, 6.07) is 1.92. The predicted octanol–water partition coefficient (Wildman–Crippen LogP) is 2.72. The predicted molar refractivity (Wildman–Crippen MR) is 83.6 cm³/mol. The van der Waals surface area contributed by atoms with Gasteiger partial charge in [0.25, 0.3) is 5.91 Å². The average Bonchev–Trinajstić information content (AvgIpc) is 2.87. The lowest BCUT2D eigenvalue weighted by atomic mass is 9.90. The highest BCUT2D eigenvalue weighted by Gasteiger charge is 2.23. The van der Waals surface area contributed by atoms with Crippen LogP contribution in [0.2, 0.25) is 0 Å². The van der Waals surface area contributed by atoms with E-state index in [9.17, 15) is 9.59 Å². The maximum Gasteiger partial charge on any atom is 0.349 e. The first-order valence-corrected chi connectivity index (χ1v) is 8.04. The number of fused-ring (bicyclic) bond motifs is 1. The average molecular weight is 307 g/mol. The third kappa shape index (κ3) is 3.94. The molecule has 0 bridgehead atoms. The second kappa shape index (κ2) is 6.89. The maximum absolute atomic E-state index is 12.1. The fourth-order valence-corrected chi connectivity index (χ4v) is 3.49. The first kappa shape index (κ1) is 15.8. The highest BCUT2D eigenvalue weighted by atomic mass is 32.1. The molecule has 0 aliphatic heterocycles. The van der Waals surface area contributed by atoms with Gasteiger partial charge in [0.2, 0.25) is 0 Å². The van der Waals surface area contributed by atoms with Crippen LogP contribution in [0, 0.1) is 5.92 Å². The van der Waals surface area contributed by atoms with E-state index in [4.69, 9.17) is 4.74 Å². The van der Waals surface area contributed by atoms with Gasteiger partial charge in [-0.1, -0.05) is 13.0 Å². The summed E-state index contributed by atoms with van der Waals surface area (Å²) in [7, 11) is 0. The fraction of sp³-hybridized carbons (Fsp3) is 0.500. The topological polar surface area (TPSA) is 55.4 Å². The van der Waals surface area contributed by atoms with Crippen molar-refractivity contribution in [2.75, 3.05) is 6.54 Å². The second-order valence-electron chi connectivity index (χ2n) is 5.49. The van der Waals surface area contributed by atoms with Crippen LogP contribution in [0.25, 0.3) is 0 Å². The summed E-state index contributed by atoms with van der Waals surface area (Å²) >= 11 is 1.49. The molecule has 1 amide bonds. The van der Waals surface area contributed by atoms with Crippen LogP contribution >= 0.6 is 11.3 Å². The molecule has 1 aliphatic rings. The van der Waals surface area contributed by atoms with Crippen LogP contribution in [0.15, 0.2) is 18.7 Å². The second-order valence-corrected chi connectivity index (χ2v) is 6.63. The number of carbonyl (C=O) groups excluding carboxylic acids is 2. The van der Waals surface area contributed by atoms with Gasteiger partial charge in [0.1, 0.15) is 4.88 Å². The van der Waals surface area contributed by atoms with Crippen LogP contribution < -0.4 is 5.32 Å². The summed E-state index contributed by atoms with van der Waals surface area (Å²) in [4.78, 5) is 25.7. The molecule has 0 spiro atoms. The van der Waals surface area contributed by atoms with Crippen LogP contribution in [-0.4, -0.2) is 24.5 Å². The summed E-state index contributed by atoms with van der Waals surface area (Å²) in [6.07, 6.45) is 4.01. The molecule has 1 heterocycles. The largest absolute Gasteiger partial charge is 0.448 e. The molecule has 114 valence electrons. The number of thiophene rings is 1. The van der Waals surface area contributed by atoms with Crippen molar-refractivity contribution in [1.82, 2.24) is 5.32 Å². The van der Waals surface area contributed by atoms with Gasteiger partial charge in [0.15, 0.2) is 6.10 Å². The number of nitrogens with one attached hydrogen (secondary N) is 1. The Labute approximate surface area is 129 Å². The van der Waals surface area contributed by atoms with E-state index in [0.29, 0.717) is 17.3 Å². The van der Waals surface area contributed by atoms with Crippen LogP contribution in [-0.2, 0) is 22.4 Å². The molecule has 1 aromatic rings. The van der Waals surface area contributed by atoms with Gasteiger partial charge in [-0.25, -0.2) is 4.79 Å². The van der Waals surface area contributed by atoms with Gasteiger partial charge in [-0.3, -0.25) is 4.79 Å². The Hall–Kier alpha value is -1.62. The Morgan fingerprint density at radius 2 is 2.38 bits per heavy atom. The summed E-state index contributed by atoms with van der Waals surface area (Å²) in [6.45, 7) is 7.69. The quantitative estimate of drug-likeness (QED) is 0.672. The smallest absolute Gasteiger partial charge is 0.349 e. The molecule has 0 saturated heterocycles. The standard InChI is InChI=1S/C16H21NO3S/c1-4-7-17-15(18)11(3)20-16(19)14-9-12-8-10(2)5-6-13(12)21-14/h4,9-11H,1,5-8H2,2-3H3,(H,17,18)/t10-,11+/m0/s1. The number of hydrogen-bond acceptors (Lipinski definition) is 4. The number of esters is 1. The fourth-order valence-electron chi connectivity index (χ4n) is 2.40. The molecule has 2 rings (SSSR count). The molecular weight excluding hydrogens is 286 g/mol. The van der Waals surface area contributed by atoms with E-state index in [2.05, 4.69) is 18.8 Å². The molecule has 0 unspecified atom stereocenters. The number of ether oxygens (including phenoxy) is 1. The summed E-state index contributed by atoms with van der Waals surface area (Å²) in [5, 5.41) is 2.61. The number of aryl methyl sites for hydroxylation is 1. The van der Waals surface area contributed by atoms with Crippen molar-refractivity contribution in [2.45, 2.75) is 39.2 Å². The zero-order chi connectivity index (χ0) is 15.4. The van der Waals surface area contributed by atoms with Crippen molar-refractivity contribution in [3.63, 3.8) is 0 Å². The van der Waals surface area contributed by atoms with Gasteiger partial charge in [-0.05, 0) is 43.7 Å². The zero-order valence-electron chi connectivity index (χ0n) is 12.5. The van der Waals surface area contributed by atoms with E-state index in [1.165, 1.54) is 28.2 Å². The van der Waals surface area contributed by atoms with Gasteiger partial charge < -0.3 is 10.1 Å². The van der Waals surface area contributed by atoms with Crippen molar-refractivity contribution in [3.8, 4) is 0 Å². The molecule has 21 heavy (non-hydrogen) atoms. The Morgan fingerprint density at radius 1 is 1.62 bits per heavy atom. The maximum atomic E-state index is 12.1. The van der Waals surface area contributed by atoms with Crippen LogP contribution in [0.4, 0.5) is 0 Å². The summed E-state index contributed by atoms with van der Waals surface area (Å²) in [5.41, 5.74) is 1.26. The van der Waals surface area contributed by atoms with E-state index in [1.807, 2.05) is 6.07 Å². The van der Waals surface area contributed by atoms with Crippen molar-refractivity contribution < 1.29 is 14.3 Å². The highest BCUT2D eigenvalue weighted by molar-refractivity contribution is 7.14. The van der Waals surface area contributed by atoms with Gasteiger partial charge in [-0.15, -0.1) is 17.9 Å². The summed E-state index contributed by atoms with van der Waals surface area (Å²) in [5.74, 6) is -0.0546. The molecule has 0 aromatic carbocycles. The van der Waals surface area contributed by atoms with E-state index >= 15 is 0 Å². The molecule has 0 fully saturated rings. The molecule has 0 radical (unpaired) electrons. The zero-order valence-corrected chi connectivity index (χ0v) is 13.3. The molecule has 4 nitrogen and oxygen atoms in total. The molecule has 2 atom stereocenters. The van der Waals surface area contributed by atoms with E-state index in [0.717, 1.165) is 12.8 Å². The lowest BCUT2D eigenvalue weighted by Crippen LogP contribution is -2.35. The van der Waals surface area contributed by atoms with Crippen molar-refractivity contribution >= 4 is 23.2 Å². The van der Waals surface area contributed by atoms with E-state index in [-0.39, 0.29) is 5.91 Å². The molecule has 5 heteroatoms. The third-order valence-corrected chi connectivity index (χ3v) is 4.82. The SMILES string of the molecule is C=CCNC(=O)[C@@H](C)OC(=O)c1cc2c(s1)CC[C@H](C)C2. The molecule has 1 aliphatic carbocycles. The normalized spacial score (nSPS) is 18.5. The van der Waals surface area contributed by atoms with Crippen LogP contribution in [0.1, 0.15) is 40.4 Å². The van der Waals surface area contributed by atoms with Gasteiger partial charge in [-0.2, -0.15) is 0 Å². The summed E-state index contributed by atoms with van der Waals surface area (Å²) < 4.78 is 5.22. The minimum Gasteiger partial charge on any atom is -0.448 e. The Morgan fingerprint density at radius 3 is 3.10 bits per heavy atom. The van der Waals surface area contributed by atoms with Crippen LogP contribution in [0.3, 0.4) is 0 Å². The van der Waals surface area contributed by atoms with Crippen molar-refractivity contribution in [1.29, 1.82) is 0 Å². The molecule has 0 saturated carbocycles. The lowest BCUT2D eigenvalue weighted by Gasteiger charge is -2.16. The third-order valence-electron chi connectivity index (χ3n) is 3.60. The van der Waals surface area contributed by atoms with Crippen molar-refractivity contribution in [3.05, 3.63) is 34.0 Å². The number of rotatable bonds is 5. The van der Waals surface area contributed by atoms with Gasteiger partial charge in [0, 0.05) is 11.4 Å². The first-order valence-electron chi connectivity index (χ1n) is 7.22. The Kier molecular flexibility index (Phi) is 5.17. The first-order chi connectivity index (χ1) is 10.0. The van der Waals surface area contributed by atoms with E-state index < -0.39 is 12.1 Å². The Bertz CT molecular complexity index is 550. The van der Waals surface area contributed by atoms with Crippen molar-refractivity contribution in [2.24, 2.45) is 5.92 Å². The highest BCUT2D eigenvalue weighted by Crippen LogP contribution is 2.32. The number of carbonyl (C=O) groups is 2. The van der Waals surface area contributed by atoms with Crippen LogP contribution in [0.5, 0.6) is 0 Å². The Balaban J connectivity index is 1.97. The van der Waals surface area contributed by atoms with Gasteiger partial charge in [0.05, 0.1) is 0 Å². The molecular formula is C16H21NO3S. The minimum absolute atomic E-state index is 0.307. The lowest BCUT2D eigenvalue weighted by molar-refractivity contribution is -0.128. The minimum atomic E-state index is -0.796. The van der Waals surface area contributed by atoms with E-state index in [1.54, 1.807) is 13.0 Å². The molecule has 1 aromatic heterocycles. The number of amides is 1. The monoisotopic (exact) mass is 307 g/mol. The molecule has 1 N–H and O–H groups in total. The number of hydrogen-bond donors (Lipinski definition) is 1.